The molecule has 1 N–H and O–H groups in total. The molecular weight excluding hydrogens is 320 g/mol. The van der Waals surface area contributed by atoms with Crippen LogP contribution in [0.4, 0.5) is 5.69 Å². The molecule has 1 amide bonds. The number of fused-ring (bicyclic) bond motifs is 2. The number of aromatic nitrogens is 1. The first-order valence-corrected chi connectivity index (χ1v) is 7.95. The highest BCUT2D eigenvalue weighted by Gasteiger charge is 2.18. The van der Waals surface area contributed by atoms with Crippen LogP contribution in [0.5, 0.6) is 11.5 Å². The Labute approximate surface area is 144 Å². The van der Waals surface area contributed by atoms with Gasteiger partial charge in [-0.3, -0.25) is 14.2 Å². The maximum absolute atomic E-state index is 12.7. The van der Waals surface area contributed by atoms with Gasteiger partial charge < -0.3 is 14.8 Å². The van der Waals surface area contributed by atoms with Gasteiger partial charge in [0.2, 0.25) is 5.91 Å². The Morgan fingerprint density at radius 1 is 1.04 bits per heavy atom. The van der Waals surface area contributed by atoms with Crippen LogP contribution in [0.1, 0.15) is 22.1 Å². The average molecular weight is 336 g/mol. The Balaban J connectivity index is 1.68. The summed E-state index contributed by atoms with van der Waals surface area (Å²) >= 11 is 0. The molecule has 0 saturated heterocycles. The number of benzene rings is 2. The van der Waals surface area contributed by atoms with Gasteiger partial charge in [-0.15, -0.1) is 0 Å². The zero-order valence-corrected chi connectivity index (χ0v) is 13.6. The van der Waals surface area contributed by atoms with Crippen molar-refractivity contribution >= 4 is 28.4 Å². The van der Waals surface area contributed by atoms with E-state index in [0.717, 1.165) is 5.39 Å². The lowest BCUT2D eigenvalue weighted by atomic mass is 10.1. The zero-order chi connectivity index (χ0) is 17.4. The maximum Gasteiger partial charge on any atom is 0.257 e. The van der Waals surface area contributed by atoms with E-state index in [0.29, 0.717) is 41.5 Å². The predicted molar refractivity (Wildman–Crippen MR) is 93.6 cm³/mol. The van der Waals surface area contributed by atoms with Crippen LogP contribution in [0.2, 0.25) is 0 Å². The number of carbonyl (C=O) groups excluding carboxylic acids is 2. The van der Waals surface area contributed by atoms with Crippen molar-refractivity contribution in [3.63, 3.8) is 0 Å². The fraction of sp³-hybridized carbons (Fsp3) is 0.158. The van der Waals surface area contributed by atoms with Gasteiger partial charge in [-0.25, -0.2) is 0 Å². The van der Waals surface area contributed by atoms with E-state index < -0.39 is 0 Å². The molecule has 3 aromatic rings. The highest BCUT2D eigenvalue weighted by atomic mass is 16.6. The summed E-state index contributed by atoms with van der Waals surface area (Å²) in [6.45, 7) is 2.47. The average Bonchev–Trinajstić information content (AvgIpc) is 3.02. The second-order valence-electron chi connectivity index (χ2n) is 5.76. The van der Waals surface area contributed by atoms with Crippen molar-refractivity contribution in [2.24, 2.45) is 0 Å². The first-order chi connectivity index (χ1) is 12.1. The number of nitrogens with one attached hydrogen (secondary N) is 1. The number of amides is 1. The third kappa shape index (κ3) is 2.71. The van der Waals surface area contributed by atoms with E-state index in [1.807, 2.05) is 24.3 Å². The van der Waals surface area contributed by atoms with E-state index in [2.05, 4.69) is 5.32 Å². The molecule has 0 unspecified atom stereocenters. The van der Waals surface area contributed by atoms with Crippen molar-refractivity contribution in [1.29, 1.82) is 0 Å². The van der Waals surface area contributed by atoms with Crippen LogP contribution in [0, 0.1) is 0 Å². The monoisotopic (exact) mass is 336 g/mol. The van der Waals surface area contributed by atoms with Crippen molar-refractivity contribution < 1.29 is 19.1 Å². The smallest absolute Gasteiger partial charge is 0.257 e. The standard InChI is InChI=1S/C19H16N2O4/c1-12(22)21-11-15(14-4-2-3-5-16(14)21)19(23)20-13-6-7-17-18(10-13)25-9-8-24-17/h2-7,10-11H,8-9H2,1H3,(H,20,23). The van der Waals surface area contributed by atoms with Gasteiger partial charge in [-0.2, -0.15) is 0 Å². The van der Waals surface area contributed by atoms with Gasteiger partial charge in [0.1, 0.15) is 13.2 Å². The fourth-order valence-electron chi connectivity index (χ4n) is 2.94. The predicted octanol–water partition coefficient (Wildman–Crippen LogP) is 3.32. The van der Waals surface area contributed by atoms with Crippen LogP contribution in [0.3, 0.4) is 0 Å². The molecule has 0 atom stereocenters. The second kappa shape index (κ2) is 5.98. The Morgan fingerprint density at radius 3 is 2.60 bits per heavy atom. The van der Waals surface area contributed by atoms with Gasteiger partial charge in [0.25, 0.3) is 5.91 Å². The van der Waals surface area contributed by atoms with E-state index >= 15 is 0 Å². The van der Waals surface area contributed by atoms with Gasteiger partial charge in [-0.05, 0) is 18.2 Å². The molecular formula is C19H16N2O4. The highest BCUT2D eigenvalue weighted by Crippen LogP contribution is 2.33. The Kier molecular flexibility index (Phi) is 3.65. The first kappa shape index (κ1) is 15.3. The number of rotatable bonds is 2. The Bertz CT molecular complexity index is 990. The summed E-state index contributed by atoms with van der Waals surface area (Å²) in [6, 6.07) is 12.6. The quantitative estimate of drug-likeness (QED) is 0.779. The molecule has 0 fully saturated rings. The third-order valence-corrected chi connectivity index (χ3v) is 4.10. The minimum absolute atomic E-state index is 0.144. The molecule has 2 heterocycles. The molecule has 0 spiro atoms. The molecule has 0 bridgehead atoms. The Hall–Kier alpha value is -3.28. The van der Waals surface area contributed by atoms with Gasteiger partial charge in [-0.1, -0.05) is 18.2 Å². The molecule has 126 valence electrons. The van der Waals surface area contributed by atoms with Gasteiger partial charge >= 0.3 is 0 Å². The largest absolute Gasteiger partial charge is 0.486 e. The van der Waals surface area contributed by atoms with Crippen LogP contribution in [0.25, 0.3) is 10.9 Å². The van der Waals surface area contributed by atoms with E-state index in [1.54, 1.807) is 24.4 Å². The van der Waals surface area contributed by atoms with Crippen LogP contribution in [0.15, 0.2) is 48.7 Å². The molecule has 25 heavy (non-hydrogen) atoms. The fourth-order valence-corrected chi connectivity index (χ4v) is 2.94. The van der Waals surface area contributed by atoms with Gasteiger partial charge in [0, 0.05) is 30.3 Å². The molecule has 1 aliphatic rings. The summed E-state index contributed by atoms with van der Waals surface area (Å²) in [6.07, 6.45) is 1.57. The molecule has 0 radical (unpaired) electrons. The van der Waals surface area contributed by atoms with E-state index in [9.17, 15) is 9.59 Å². The summed E-state index contributed by atoms with van der Waals surface area (Å²) < 4.78 is 12.5. The normalized spacial score (nSPS) is 12.8. The second-order valence-corrected chi connectivity index (χ2v) is 5.76. The molecule has 6 heteroatoms. The van der Waals surface area contributed by atoms with E-state index in [1.165, 1.54) is 11.5 Å². The van der Waals surface area contributed by atoms with Gasteiger partial charge in [0.15, 0.2) is 11.5 Å². The molecule has 0 aliphatic carbocycles. The summed E-state index contributed by atoms with van der Waals surface area (Å²) in [4.78, 5) is 24.5. The molecule has 4 rings (SSSR count). The van der Waals surface area contributed by atoms with Crippen molar-refractivity contribution in [2.45, 2.75) is 6.92 Å². The number of hydrogen-bond acceptors (Lipinski definition) is 4. The number of ether oxygens (including phenoxy) is 2. The summed E-state index contributed by atoms with van der Waals surface area (Å²) in [5, 5.41) is 3.58. The molecule has 6 nitrogen and oxygen atoms in total. The van der Waals surface area contributed by atoms with Crippen molar-refractivity contribution in [1.82, 2.24) is 4.57 Å². The number of hydrogen-bond donors (Lipinski definition) is 1. The zero-order valence-electron chi connectivity index (χ0n) is 13.6. The SMILES string of the molecule is CC(=O)n1cc(C(=O)Nc2ccc3c(c2)OCCO3)c2ccccc21. The third-order valence-electron chi connectivity index (χ3n) is 4.10. The Morgan fingerprint density at radius 2 is 1.80 bits per heavy atom. The van der Waals surface area contributed by atoms with Crippen molar-refractivity contribution in [2.75, 3.05) is 18.5 Å². The van der Waals surface area contributed by atoms with E-state index in [-0.39, 0.29) is 11.8 Å². The molecule has 1 aromatic heterocycles. The lowest BCUT2D eigenvalue weighted by molar-refractivity contribution is 0.0941. The summed E-state index contributed by atoms with van der Waals surface area (Å²) in [7, 11) is 0. The number of para-hydroxylation sites is 1. The lowest BCUT2D eigenvalue weighted by Crippen LogP contribution is -2.16. The minimum atomic E-state index is -0.284. The number of carbonyl (C=O) groups is 2. The molecule has 2 aromatic carbocycles. The van der Waals surface area contributed by atoms with Crippen LogP contribution in [-0.2, 0) is 0 Å². The molecule has 1 aliphatic heterocycles. The van der Waals surface area contributed by atoms with Crippen molar-refractivity contribution in [3.8, 4) is 11.5 Å². The van der Waals surface area contributed by atoms with Crippen LogP contribution < -0.4 is 14.8 Å². The highest BCUT2D eigenvalue weighted by molar-refractivity contribution is 6.14. The van der Waals surface area contributed by atoms with Crippen LogP contribution in [-0.4, -0.2) is 29.6 Å². The van der Waals surface area contributed by atoms with Gasteiger partial charge in [0.05, 0.1) is 11.1 Å². The first-order valence-electron chi connectivity index (χ1n) is 7.95. The lowest BCUT2D eigenvalue weighted by Gasteiger charge is -2.18. The summed E-state index contributed by atoms with van der Waals surface area (Å²) in [5.74, 6) is 0.843. The summed E-state index contributed by atoms with van der Waals surface area (Å²) in [5.41, 5.74) is 1.76. The van der Waals surface area contributed by atoms with E-state index in [4.69, 9.17) is 9.47 Å². The number of nitrogens with zero attached hydrogens (tertiary/aromatic N) is 1. The topological polar surface area (TPSA) is 69.6 Å². The van der Waals surface area contributed by atoms with Crippen LogP contribution >= 0.6 is 0 Å². The minimum Gasteiger partial charge on any atom is -0.486 e. The van der Waals surface area contributed by atoms with Crippen molar-refractivity contribution in [3.05, 3.63) is 54.2 Å². The number of anilines is 1. The maximum atomic E-state index is 12.7. The molecule has 0 saturated carbocycles.